The standard InChI is InChI=1S/C36H33N6OPS2.Cu/c1-37-35(45)41-39-34(28-22-24-29(43)25-23-28)33(27-14-6-2-7-15-27)40-42-36(46)38-26-44(30-16-8-3-9-17-30,31-18-10-4-11-19-31)32-20-12-5-13-21-32;/h2-25H,26H2,1H3,(H4-,37,38,39,40,41,42,43,45,46);/q;+2/p-1. The number of hydrogen-bond donors (Lipinski definition) is 3. The molecule has 0 fully saturated rings. The van der Waals surface area contributed by atoms with Crippen molar-refractivity contribution in [3.05, 3.63) is 157 Å². The summed E-state index contributed by atoms with van der Waals surface area (Å²) in [5.74, 6) is 0.126. The van der Waals surface area contributed by atoms with Gasteiger partial charge < -0.3 is 41.0 Å². The van der Waals surface area contributed by atoms with Crippen molar-refractivity contribution in [2.75, 3.05) is 13.3 Å². The Morgan fingerprint density at radius 2 is 0.936 bits per heavy atom. The quantitative estimate of drug-likeness (QED) is 0.0468. The van der Waals surface area contributed by atoms with Crippen LogP contribution in [0, 0.1) is 0 Å². The van der Waals surface area contributed by atoms with Crippen LogP contribution in [-0.2, 0) is 42.3 Å². The molecular formula is C36H32CuN6OPS2+. The van der Waals surface area contributed by atoms with Crippen molar-refractivity contribution in [3.8, 4) is 5.75 Å². The van der Waals surface area contributed by atoms with E-state index in [1.54, 1.807) is 31.3 Å². The molecular weight excluding hydrogens is 691 g/mol. The third kappa shape index (κ3) is 8.89. The third-order valence-corrected chi connectivity index (χ3v) is 11.8. The van der Waals surface area contributed by atoms with E-state index in [9.17, 15) is 5.11 Å². The van der Waals surface area contributed by atoms with Gasteiger partial charge in [0.15, 0.2) is 0 Å². The number of hydrogen-bond acceptors (Lipinski definition) is 7. The van der Waals surface area contributed by atoms with Gasteiger partial charge in [0, 0.05) is 23.3 Å². The topological polar surface area (TPSA) is 93.7 Å². The van der Waals surface area contributed by atoms with Crippen molar-refractivity contribution in [2.45, 2.75) is 0 Å². The van der Waals surface area contributed by atoms with E-state index in [1.807, 2.05) is 48.5 Å². The molecule has 47 heavy (non-hydrogen) atoms. The summed E-state index contributed by atoms with van der Waals surface area (Å²) in [6.07, 6.45) is 0.536. The van der Waals surface area contributed by atoms with Crippen LogP contribution in [0.5, 0.6) is 5.75 Å². The summed E-state index contributed by atoms with van der Waals surface area (Å²) in [6, 6.07) is 47.8. The summed E-state index contributed by atoms with van der Waals surface area (Å²) >= 11 is 11.0. The first-order chi connectivity index (χ1) is 22.5. The summed E-state index contributed by atoms with van der Waals surface area (Å²) in [7, 11) is -0.523. The zero-order chi connectivity index (χ0) is 32.2. The van der Waals surface area contributed by atoms with E-state index >= 15 is 0 Å². The summed E-state index contributed by atoms with van der Waals surface area (Å²) < 4.78 is 0. The molecule has 0 atom stereocenters. The largest absolute Gasteiger partial charge is 2.00 e. The molecule has 5 aromatic rings. The molecule has 0 aliphatic rings. The Kier molecular flexibility index (Phi) is 13.2. The molecule has 0 spiro atoms. The van der Waals surface area contributed by atoms with Crippen molar-refractivity contribution in [2.24, 2.45) is 20.4 Å². The zero-order valence-corrected chi connectivity index (χ0v) is 28.8. The van der Waals surface area contributed by atoms with E-state index in [0.717, 1.165) is 5.56 Å². The van der Waals surface area contributed by atoms with Crippen molar-refractivity contribution in [3.63, 3.8) is 0 Å². The zero-order valence-electron chi connectivity index (χ0n) is 25.4. The first-order valence-corrected chi connectivity index (χ1v) is 17.3. The monoisotopic (exact) mass is 722 g/mol. The van der Waals surface area contributed by atoms with Gasteiger partial charge >= 0.3 is 17.1 Å². The molecule has 11 heteroatoms. The number of nitrogens with zero attached hydrogens (tertiary/aromatic N) is 4. The smallest absolute Gasteiger partial charge is 0.741 e. The van der Waals surface area contributed by atoms with E-state index in [2.05, 4.69) is 104 Å². The van der Waals surface area contributed by atoms with Crippen molar-refractivity contribution in [1.82, 2.24) is 10.6 Å². The maximum absolute atomic E-state index is 9.93. The maximum atomic E-state index is 9.93. The molecule has 5 aromatic carbocycles. The minimum Gasteiger partial charge on any atom is -0.741 e. The molecule has 0 saturated heterocycles. The Morgan fingerprint density at radius 1 is 0.553 bits per heavy atom. The molecule has 0 bridgehead atoms. The Morgan fingerprint density at radius 3 is 1.36 bits per heavy atom. The number of phenols is 1. The first-order valence-electron chi connectivity index (χ1n) is 14.5. The van der Waals surface area contributed by atoms with Crippen LogP contribution in [0.2, 0.25) is 0 Å². The number of nitrogens with one attached hydrogen (secondary N) is 2. The summed E-state index contributed by atoms with van der Waals surface area (Å²) in [4.78, 5) is 0. The molecule has 0 heterocycles. The molecule has 0 amide bonds. The number of benzene rings is 5. The van der Waals surface area contributed by atoms with Crippen LogP contribution in [0.15, 0.2) is 166 Å². The predicted octanol–water partition coefficient (Wildman–Crippen LogP) is 5.06. The predicted molar refractivity (Wildman–Crippen MR) is 199 cm³/mol. The molecule has 239 valence electrons. The average molecular weight is 723 g/mol. The molecule has 0 saturated carbocycles. The normalized spacial score (nSPS) is 12.6. The van der Waals surface area contributed by atoms with Crippen LogP contribution in [0.3, 0.4) is 0 Å². The van der Waals surface area contributed by atoms with Gasteiger partial charge in [-0.15, -0.1) is 10.2 Å². The molecule has 5 rings (SSSR count). The van der Waals surface area contributed by atoms with Gasteiger partial charge in [0.2, 0.25) is 0 Å². The van der Waals surface area contributed by atoms with Gasteiger partial charge in [0.1, 0.15) is 46.6 Å². The number of amidine groups is 2. The van der Waals surface area contributed by atoms with Crippen molar-refractivity contribution < 1.29 is 22.2 Å². The minimum absolute atomic E-state index is 0. The second kappa shape index (κ2) is 17.5. The van der Waals surface area contributed by atoms with E-state index in [4.69, 9.17) is 25.3 Å². The van der Waals surface area contributed by atoms with E-state index in [0.29, 0.717) is 23.3 Å². The first kappa shape index (κ1) is 35.4. The fourth-order valence-electron chi connectivity index (χ4n) is 4.93. The van der Waals surface area contributed by atoms with Crippen molar-refractivity contribution in [1.29, 1.82) is 0 Å². The fraction of sp³-hybridized carbons (Fsp3) is 0.0556. The summed E-state index contributed by atoms with van der Waals surface area (Å²) in [5.41, 5.74) is 2.27. The Labute approximate surface area is 297 Å². The van der Waals surface area contributed by atoms with Gasteiger partial charge in [0.05, 0.1) is 0 Å². The summed E-state index contributed by atoms with van der Waals surface area (Å²) in [5, 5.41) is 38.1. The van der Waals surface area contributed by atoms with Crippen LogP contribution in [-0.4, -0.2) is 40.2 Å². The molecule has 0 aliphatic heterocycles. The fourth-order valence-corrected chi connectivity index (χ4v) is 9.06. The molecule has 0 aromatic heterocycles. The van der Waals surface area contributed by atoms with E-state index in [-0.39, 0.29) is 33.2 Å². The molecule has 1 radical (unpaired) electrons. The molecule has 3 N–H and O–H groups in total. The van der Waals surface area contributed by atoms with Crippen LogP contribution in [0.1, 0.15) is 11.1 Å². The Hall–Kier alpha value is -4.43. The van der Waals surface area contributed by atoms with Crippen LogP contribution in [0.25, 0.3) is 0 Å². The number of phenolic OH excluding ortho intramolecular Hbond substituents is 1. The van der Waals surface area contributed by atoms with Crippen LogP contribution < -0.4 is 26.5 Å². The minimum atomic E-state index is -2.20. The Bertz CT molecular complexity index is 1740. The van der Waals surface area contributed by atoms with Crippen LogP contribution in [0.4, 0.5) is 0 Å². The third-order valence-electron chi connectivity index (χ3n) is 7.17. The average Bonchev–Trinajstić information content (AvgIpc) is 3.12. The second-order valence-corrected chi connectivity index (χ2v) is 14.3. The molecule has 0 aliphatic carbocycles. The maximum Gasteiger partial charge on any atom is 2.00 e. The van der Waals surface area contributed by atoms with Gasteiger partial charge in [-0.25, -0.2) is 0 Å². The SMILES string of the molecule is CN/C([S-])=N/N=C(/C(=N/N=C(\[S-])NC[P+](c1ccccc1)(c1ccccc1)c1ccccc1)c1ccccc1)c1ccc(O)cc1.[Cu+2]. The van der Waals surface area contributed by atoms with Crippen molar-refractivity contribution >= 4 is 70.2 Å². The van der Waals surface area contributed by atoms with Gasteiger partial charge in [-0.05, 0) is 65.8 Å². The van der Waals surface area contributed by atoms with Crippen LogP contribution >= 0.6 is 7.26 Å². The van der Waals surface area contributed by atoms with Gasteiger partial charge in [-0.1, -0.05) is 84.9 Å². The van der Waals surface area contributed by atoms with E-state index < -0.39 is 7.26 Å². The number of aromatic hydroxyl groups is 1. The van der Waals surface area contributed by atoms with E-state index in [1.165, 1.54) is 15.9 Å². The summed E-state index contributed by atoms with van der Waals surface area (Å²) in [6.45, 7) is 0. The molecule has 0 unspecified atom stereocenters. The van der Waals surface area contributed by atoms with Gasteiger partial charge in [-0.3, -0.25) is 0 Å². The second-order valence-electron chi connectivity index (χ2n) is 10.0. The Balaban J connectivity index is 0.00000500. The number of rotatable bonds is 10. The van der Waals surface area contributed by atoms with Gasteiger partial charge in [0.25, 0.3) is 0 Å². The van der Waals surface area contributed by atoms with Gasteiger partial charge in [-0.2, -0.15) is 10.2 Å². The molecule has 7 nitrogen and oxygen atoms in total.